The van der Waals surface area contributed by atoms with Gasteiger partial charge in [-0.2, -0.15) is 0 Å². The highest BCUT2D eigenvalue weighted by Gasteiger charge is 2.15. The van der Waals surface area contributed by atoms with Gasteiger partial charge < -0.3 is 9.84 Å². The molecule has 0 bridgehead atoms. The van der Waals surface area contributed by atoms with Crippen molar-refractivity contribution in [3.8, 4) is 5.75 Å². The summed E-state index contributed by atoms with van der Waals surface area (Å²) < 4.78 is 5.12. The van der Waals surface area contributed by atoms with Crippen LogP contribution in [0.5, 0.6) is 5.75 Å². The average molecular weight is 194 g/mol. The monoisotopic (exact) mass is 194 g/mol. The molecule has 0 saturated heterocycles. The number of aromatic carboxylic acids is 1. The summed E-state index contributed by atoms with van der Waals surface area (Å²) in [4.78, 5) is 10.9. The maximum atomic E-state index is 10.9. The number of methoxy groups -OCH3 is 1. The van der Waals surface area contributed by atoms with Crippen molar-refractivity contribution in [3.63, 3.8) is 0 Å². The number of benzene rings is 1. The first-order valence-electron chi connectivity index (χ1n) is 4.48. The van der Waals surface area contributed by atoms with Crippen molar-refractivity contribution in [2.24, 2.45) is 0 Å². The number of carboxylic acids is 1. The lowest BCUT2D eigenvalue weighted by Crippen LogP contribution is -2.04. The lowest BCUT2D eigenvalue weighted by molar-refractivity contribution is 0.0693. The molecule has 0 aliphatic rings. The molecule has 0 saturated carbocycles. The minimum Gasteiger partial charge on any atom is -0.496 e. The smallest absolute Gasteiger partial charge is 0.339 e. The van der Waals surface area contributed by atoms with Crippen LogP contribution in [0.1, 0.15) is 35.7 Å². The van der Waals surface area contributed by atoms with Gasteiger partial charge in [0, 0.05) is 0 Å². The summed E-state index contributed by atoms with van der Waals surface area (Å²) in [6, 6.07) is 5.17. The summed E-state index contributed by atoms with van der Waals surface area (Å²) >= 11 is 0. The van der Waals surface area contributed by atoms with Crippen molar-refractivity contribution in [2.75, 3.05) is 7.11 Å². The molecule has 0 radical (unpaired) electrons. The van der Waals surface area contributed by atoms with Crippen LogP contribution >= 0.6 is 0 Å². The average Bonchev–Trinajstić information content (AvgIpc) is 2.16. The van der Waals surface area contributed by atoms with Crippen molar-refractivity contribution < 1.29 is 14.6 Å². The third-order valence-corrected chi connectivity index (χ3v) is 2.10. The molecule has 3 heteroatoms. The number of carbonyl (C=O) groups is 1. The van der Waals surface area contributed by atoms with Crippen molar-refractivity contribution in [2.45, 2.75) is 19.8 Å². The predicted molar refractivity (Wildman–Crippen MR) is 54.0 cm³/mol. The zero-order valence-corrected chi connectivity index (χ0v) is 8.57. The van der Waals surface area contributed by atoms with E-state index in [1.165, 1.54) is 7.11 Å². The fourth-order valence-electron chi connectivity index (χ4n) is 1.41. The van der Waals surface area contributed by atoms with E-state index in [4.69, 9.17) is 9.84 Å². The molecule has 1 N–H and O–H groups in total. The van der Waals surface area contributed by atoms with E-state index in [1.54, 1.807) is 12.1 Å². The minimum atomic E-state index is -0.954. The summed E-state index contributed by atoms with van der Waals surface area (Å²) in [6.07, 6.45) is 0. The van der Waals surface area contributed by atoms with Crippen LogP contribution in [0.4, 0.5) is 0 Å². The van der Waals surface area contributed by atoms with E-state index >= 15 is 0 Å². The fourth-order valence-corrected chi connectivity index (χ4v) is 1.41. The second-order valence-electron chi connectivity index (χ2n) is 3.39. The van der Waals surface area contributed by atoms with Gasteiger partial charge in [-0.05, 0) is 17.5 Å². The molecule has 3 nitrogen and oxygen atoms in total. The Morgan fingerprint density at radius 2 is 2.07 bits per heavy atom. The Labute approximate surface area is 83.3 Å². The van der Waals surface area contributed by atoms with Gasteiger partial charge in [0.2, 0.25) is 0 Å². The van der Waals surface area contributed by atoms with Gasteiger partial charge in [0.1, 0.15) is 11.3 Å². The first kappa shape index (κ1) is 10.6. The standard InChI is InChI=1S/C11H14O3/c1-7(2)8-5-4-6-9(11(12)13)10(8)14-3/h4-7H,1-3H3,(H,12,13). The van der Waals surface area contributed by atoms with Crippen LogP contribution in [0.2, 0.25) is 0 Å². The lowest BCUT2D eigenvalue weighted by atomic mass is 9.99. The van der Waals surface area contributed by atoms with Crippen LogP contribution in [0.25, 0.3) is 0 Å². The lowest BCUT2D eigenvalue weighted by Gasteiger charge is -2.13. The Morgan fingerprint density at radius 1 is 1.43 bits per heavy atom. The Balaban J connectivity index is 3.32. The second kappa shape index (κ2) is 4.13. The molecule has 76 valence electrons. The molecular formula is C11H14O3. The molecule has 0 aliphatic heterocycles. The number of carboxylic acid groups (broad SMARTS) is 1. The van der Waals surface area contributed by atoms with E-state index in [0.717, 1.165) is 5.56 Å². The van der Waals surface area contributed by atoms with Gasteiger partial charge >= 0.3 is 5.97 Å². The Morgan fingerprint density at radius 3 is 2.50 bits per heavy atom. The van der Waals surface area contributed by atoms with Gasteiger partial charge in [-0.25, -0.2) is 4.79 Å². The minimum absolute atomic E-state index is 0.221. The molecule has 0 aromatic heterocycles. The van der Waals surface area contributed by atoms with Crippen molar-refractivity contribution in [1.29, 1.82) is 0 Å². The molecule has 14 heavy (non-hydrogen) atoms. The first-order chi connectivity index (χ1) is 6.57. The van der Waals surface area contributed by atoms with Gasteiger partial charge in [0.15, 0.2) is 0 Å². The van der Waals surface area contributed by atoms with Crippen molar-refractivity contribution >= 4 is 5.97 Å². The van der Waals surface area contributed by atoms with Gasteiger partial charge in [-0.1, -0.05) is 26.0 Å². The third-order valence-electron chi connectivity index (χ3n) is 2.10. The number of hydrogen-bond donors (Lipinski definition) is 1. The number of para-hydroxylation sites is 1. The van der Waals surface area contributed by atoms with Gasteiger partial charge in [0.25, 0.3) is 0 Å². The predicted octanol–water partition coefficient (Wildman–Crippen LogP) is 2.52. The molecular weight excluding hydrogens is 180 g/mol. The van der Waals surface area contributed by atoms with Crippen LogP contribution in [0.15, 0.2) is 18.2 Å². The zero-order valence-electron chi connectivity index (χ0n) is 8.57. The van der Waals surface area contributed by atoms with Crippen LogP contribution in [-0.2, 0) is 0 Å². The van der Waals surface area contributed by atoms with E-state index in [0.29, 0.717) is 5.75 Å². The molecule has 1 aromatic carbocycles. The van der Waals surface area contributed by atoms with Gasteiger partial charge in [-0.15, -0.1) is 0 Å². The van der Waals surface area contributed by atoms with E-state index in [9.17, 15) is 4.79 Å². The molecule has 0 heterocycles. The Kier molecular flexibility index (Phi) is 3.12. The van der Waals surface area contributed by atoms with Crippen molar-refractivity contribution in [1.82, 2.24) is 0 Å². The maximum absolute atomic E-state index is 10.9. The molecule has 0 atom stereocenters. The third kappa shape index (κ3) is 1.87. The zero-order chi connectivity index (χ0) is 10.7. The summed E-state index contributed by atoms with van der Waals surface area (Å²) in [7, 11) is 1.49. The highest BCUT2D eigenvalue weighted by molar-refractivity contribution is 5.91. The molecule has 1 rings (SSSR count). The van der Waals surface area contributed by atoms with E-state index in [-0.39, 0.29) is 11.5 Å². The number of ether oxygens (including phenoxy) is 1. The van der Waals surface area contributed by atoms with Crippen molar-refractivity contribution in [3.05, 3.63) is 29.3 Å². The van der Waals surface area contributed by atoms with Crippen LogP contribution < -0.4 is 4.74 Å². The normalized spacial score (nSPS) is 10.3. The van der Waals surface area contributed by atoms with Crippen LogP contribution in [0, 0.1) is 0 Å². The van der Waals surface area contributed by atoms with E-state index < -0.39 is 5.97 Å². The molecule has 0 unspecified atom stereocenters. The van der Waals surface area contributed by atoms with Crippen LogP contribution in [-0.4, -0.2) is 18.2 Å². The largest absolute Gasteiger partial charge is 0.496 e. The first-order valence-corrected chi connectivity index (χ1v) is 4.48. The quantitative estimate of drug-likeness (QED) is 0.804. The number of rotatable bonds is 3. The van der Waals surface area contributed by atoms with E-state index in [2.05, 4.69) is 0 Å². The molecule has 0 amide bonds. The van der Waals surface area contributed by atoms with Gasteiger partial charge in [0.05, 0.1) is 7.11 Å². The number of hydrogen-bond acceptors (Lipinski definition) is 2. The second-order valence-corrected chi connectivity index (χ2v) is 3.39. The van der Waals surface area contributed by atoms with Gasteiger partial charge in [-0.3, -0.25) is 0 Å². The molecule has 0 spiro atoms. The fraction of sp³-hybridized carbons (Fsp3) is 0.364. The SMILES string of the molecule is COc1c(C(=O)O)cccc1C(C)C. The molecule has 0 aliphatic carbocycles. The summed E-state index contributed by atoms with van der Waals surface area (Å²) in [5.74, 6) is -0.233. The topological polar surface area (TPSA) is 46.5 Å². The van der Waals surface area contributed by atoms with E-state index in [1.807, 2.05) is 19.9 Å². The molecule has 0 fully saturated rings. The Bertz CT molecular complexity index is 342. The highest BCUT2D eigenvalue weighted by atomic mass is 16.5. The summed E-state index contributed by atoms with van der Waals surface area (Å²) in [5.41, 5.74) is 1.14. The summed E-state index contributed by atoms with van der Waals surface area (Å²) in [5, 5.41) is 8.92. The van der Waals surface area contributed by atoms with Crippen LogP contribution in [0.3, 0.4) is 0 Å². The molecule has 1 aromatic rings. The highest BCUT2D eigenvalue weighted by Crippen LogP contribution is 2.29. The Hall–Kier alpha value is -1.51. The maximum Gasteiger partial charge on any atom is 0.339 e. The summed E-state index contributed by atoms with van der Waals surface area (Å²) in [6.45, 7) is 4.01.